The van der Waals surface area contributed by atoms with Gasteiger partial charge in [-0.05, 0) is 58.0 Å². The smallest absolute Gasteiger partial charge is 0.120 e. The maximum absolute atomic E-state index is 10.4. The zero-order valence-corrected chi connectivity index (χ0v) is 13.5. The van der Waals surface area contributed by atoms with E-state index in [0.717, 1.165) is 24.9 Å². The topological polar surface area (TPSA) is 29.5 Å². The van der Waals surface area contributed by atoms with Crippen molar-refractivity contribution in [3.05, 3.63) is 61.6 Å². The van der Waals surface area contributed by atoms with Crippen LogP contribution in [0.4, 0.5) is 0 Å². The first-order chi connectivity index (χ1) is 8.61. The molecular formula is C14H12BrIO2. The molecule has 0 bridgehead atoms. The molecule has 0 aliphatic heterocycles. The lowest BCUT2D eigenvalue weighted by atomic mass is 10.0. The first kappa shape index (κ1) is 13.8. The van der Waals surface area contributed by atoms with Crippen LogP contribution in [0.15, 0.2) is 46.9 Å². The van der Waals surface area contributed by atoms with Crippen LogP contribution in [0.1, 0.15) is 17.2 Å². The van der Waals surface area contributed by atoms with Crippen molar-refractivity contribution in [2.45, 2.75) is 6.10 Å². The molecule has 1 N–H and O–H groups in total. The Morgan fingerprint density at radius 3 is 2.39 bits per heavy atom. The lowest BCUT2D eigenvalue weighted by molar-refractivity contribution is 0.219. The predicted molar refractivity (Wildman–Crippen MR) is 83.9 cm³/mol. The van der Waals surface area contributed by atoms with Crippen molar-refractivity contribution in [3.63, 3.8) is 0 Å². The highest BCUT2D eigenvalue weighted by Gasteiger charge is 2.14. The normalized spacial score (nSPS) is 12.2. The fraction of sp³-hybridized carbons (Fsp3) is 0.143. The van der Waals surface area contributed by atoms with Gasteiger partial charge in [0.15, 0.2) is 0 Å². The molecule has 2 aromatic carbocycles. The number of aliphatic hydroxyl groups excluding tert-OH is 1. The molecule has 0 heterocycles. The summed E-state index contributed by atoms with van der Waals surface area (Å²) in [6.45, 7) is 0. The van der Waals surface area contributed by atoms with E-state index in [0.29, 0.717) is 0 Å². The Balaban J connectivity index is 2.33. The van der Waals surface area contributed by atoms with Gasteiger partial charge >= 0.3 is 0 Å². The van der Waals surface area contributed by atoms with Gasteiger partial charge in [0.25, 0.3) is 0 Å². The molecule has 0 saturated heterocycles. The largest absolute Gasteiger partial charge is 0.497 e. The second-order valence-corrected chi connectivity index (χ2v) is 5.94. The van der Waals surface area contributed by atoms with Crippen LogP contribution in [0.3, 0.4) is 0 Å². The molecule has 0 amide bonds. The highest BCUT2D eigenvalue weighted by molar-refractivity contribution is 14.1. The Morgan fingerprint density at radius 1 is 1.17 bits per heavy atom. The van der Waals surface area contributed by atoms with Gasteiger partial charge in [-0.1, -0.05) is 34.1 Å². The third-order valence-electron chi connectivity index (χ3n) is 2.69. The van der Waals surface area contributed by atoms with E-state index >= 15 is 0 Å². The van der Waals surface area contributed by atoms with Crippen molar-refractivity contribution in [2.24, 2.45) is 0 Å². The van der Waals surface area contributed by atoms with E-state index in [9.17, 15) is 5.11 Å². The third kappa shape index (κ3) is 3.05. The van der Waals surface area contributed by atoms with Crippen molar-refractivity contribution in [2.75, 3.05) is 7.11 Å². The summed E-state index contributed by atoms with van der Waals surface area (Å²) in [5, 5.41) is 10.4. The zero-order valence-electron chi connectivity index (χ0n) is 9.73. The fourth-order valence-corrected chi connectivity index (χ4v) is 2.62. The fourth-order valence-electron chi connectivity index (χ4n) is 1.68. The van der Waals surface area contributed by atoms with Gasteiger partial charge in [0.05, 0.1) is 7.11 Å². The molecule has 2 nitrogen and oxygen atoms in total. The summed E-state index contributed by atoms with van der Waals surface area (Å²) >= 11 is 5.70. The Labute approximate surface area is 128 Å². The summed E-state index contributed by atoms with van der Waals surface area (Å²) in [6, 6.07) is 13.4. The second-order valence-electron chi connectivity index (χ2n) is 3.84. The molecular weight excluding hydrogens is 407 g/mol. The van der Waals surface area contributed by atoms with Gasteiger partial charge in [0, 0.05) is 8.04 Å². The van der Waals surface area contributed by atoms with Gasteiger partial charge in [-0.15, -0.1) is 0 Å². The van der Waals surface area contributed by atoms with Crippen molar-refractivity contribution < 1.29 is 9.84 Å². The van der Waals surface area contributed by atoms with Gasteiger partial charge in [0.1, 0.15) is 11.9 Å². The molecule has 0 aliphatic carbocycles. The molecule has 0 aliphatic rings. The van der Waals surface area contributed by atoms with E-state index in [1.807, 2.05) is 42.5 Å². The lowest BCUT2D eigenvalue weighted by Crippen LogP contribution is -2.01. The van der Waals surface area contributed by atoms with Crippen LogP contribution in [-0.4, -0.2) is 12.2 Å². The minimum absolute atomic E-state index is 0.637. The quantitative estimate of drug-likeness (QED) is 0.759. The summed E-state index contributed by atoms with van der Waals surface area (Å²) < 4.78 is 7.13. The number of rotatable bonds is 3. The first-order valence-corrected chi connectivity index (χ1v) is 7.26. The highest BCUT2D eigenvalue weighted by Crippen LogP contribution is 2.31. The summed E-state index contributed by atoms with van der Waals surface area (Å²) in [6.07, 6.45) is -0.637. The standard InChI is InChI=1S/C14H12BrIO2/c1-18-11-6-7-12(13(15)8-11)14(17)9-2-4-10(16)5-3-9/h2-8,14,17H,1H3. The van der Waals surface area contributed by atoms with Crippen LogP contribution >= 0.6 is 38.5 Å². The van der Waals surface area contributed by atoms with Crippen molar-refractivity contribution in [3.8, 4) is 5.75 Å². The average Bonchev–Trinajstić information content (AvgIpc) is 2.38. The zero-order chi connectivity index (χ0) is 13.1. The molecule has 0 fully saturated rings. The molecule has 2 aromatic rings. The van der Waals surface area contributed by atoms with E-state index in [-0.39, 0.29) is 0 Å². The highest BCUT2D eigenvalue weighted by atomic mass is 127. The minimum atomic E-state index is -0.637. The van der Waals surface area contributed by atoms with Crippen LogP contribution in [0.25, 0.3) is 0 Å². The summed E-state index contributed by atoms with van der Waals surface area (Å²) in [4.78, 5) is 0. The molecule has 0 spiro atoms. The molecule has 1 unspecified atom stereocenters. The molecule has 0 aromatic heterocycles. The van der Waals surface area contributed by atoms with Crippen LogP contribution < -0.4 is 4.74 Å². The molecule has 0 saturated carbocycles. The van der Waals surface area contributed by atoms with E-state index in [2.05, 4.69) is 38.5 Å². The summed E-state index contributed by atoms with van der Waals surface area (Å²) in [7, 11) is 1.62. The maximum Gasteiger partial charge on any atom is 0.120 e. The predicted octanol–water partition coefficient (Wildman–Crippen LogP) is 4.14. The lowest BCUT2D eigenvalue weighted by Gasteiger charge is -2.14. The van der Waals surface area contributed by atoms with Crippen LogP contribution in [0, 0.1) is 3.57 Å². The monoisotopic (exact) mass is 418 g/mol. The molecule has 94 valence electrons. The second kappa shape index (κ2) is 6.04. The minimum Gasteiger partial charge on any atom is -0.497 e. The van der Waals surface area contributed by atoms with Crippen molar-refractivity contribution in [1.82, 2.24) is 0 Å². The number of aliphatic hydroxyl groups is 1. The Kier molecular flexibility index (Phi) is 4.64. The molecule has 18 heavy (non-hydrogen) atoms. The summed E-state index contributed by atoms with van der Waals surface area (Å²) in [5.74, 6) is 0.764. The Morgan fingerprint density at radius 2 is 1.83 bits per heavy atom. The van der Waals surface area contributed by atoms with E-state index in [4.69, 9.17) is 4.74 Å². The van der Waals surface area contributed by atoms with Gasteiger partial charge in [-0.25, -0.2) is 0 Å². The van der Waals surface area contributed by atoms with Gasteiger partial charge < -0.3 is 9.84 Å². The molecule has 4 heteroatoms. The number of benzene rings is 2. The average molecular weight is 419 g/mol. The summed E-state index contributed by atoms with van der Waals surface area (Å²) in [5.41, 5.74) is 1.71. The van der Waals surface area contributed by atoms with Gasteiger partial charge in [-0.2, -0.15) is 0 Å². The number of hydrogen-bond acceptors (Lipinski definition) is 2. The number of ether oxygens (including phenoxy) is 1. The van der Waals surface area contributed by atoms with E-state index in [1.54, 1.807) is 7.11 Å². The Hall–Kier alpha value is -0.590. The number of methoxy groups -OCH3 is 1. The molecule has 0 radical (unpaired) electrons. The van der Waals surface area contributed by atoms with Crippen molar-refractivity contribution >= 4 is 38.5 Å². The number of hydrogen-bond donors (Lipinski definition) is 1. The van der Waals surface area contributed by atoms with Crippen molar-refractivity contribution in [1.29, 1.82) is 0 Å². The van der Waals surface area contributed by atoms with Gasteiger partial charge in [-0.3, -0.25) is 0 Å². The Bertz CT molecular complexity index is 540. The molecule has 2 rings (SSSR count). The van der Waals surface area contributed by atoms with E-state index < -0.39 is 6.10 Å². The van der Waals surface area contributed by atoms with Crippen LogP contribution in [-0.2, 0) is 0 Å². The SMILES string of the molecule is COc1ccc(C(O)c2ccc(I)cc2)c(Br)c1. The molecule has 1 atom stereocenters. The third-order valence-corrected chi connectivity index (χ3v) is 4.09. The van der Waals surface area contributed by atoms with Crippen LogP contribution in [0.5, 0.6) is 5.75 Å². The maximum atomic E-state index is 10.4. The van der Waals surface area contributed by atoms with Crippen LogP contribution in [0.2, 0.25) is 0 Å². The number of halogens is 2. The first-order valence-electron chi connectivity index (χ1n) is 5.39. The van der Waals surface area contributed by atoms with E-state index in [1.165, 1.54) is 0 Å². The van der Waals surface area contributed by atoms with Gasteiger partial charge in [0.2, 0.25) is 0 Å².